The molecule has 3 aromatic carbocycles. The van der Waals surface area contributed by atoms with Crippen molar-refractivity contribution in [2.24, 2.45) is 0 Å². The van der Waals surface area contributed by atoms with Crippen molar-refractivity contribution in [2.45, 2.75) is 25.7 Å². The summed E-state index contributed by atoms with van der Waals surface area (Å²) in [5, 5.41) is 2.81. The van der Waals surface area contributed by atoms with Gasteiger partial charge in [-0.2, -0.15) is 4.31 Å². The van der Waals surface area contributed by atoms with Gasteiger partial charge in [-0.25, -0.2) is 8.42 Å². The largest absolute Gasteiger partial charge is 0.456 e. The molecule has 0 saturated heterocycles. The quantitative estimate of drug-likeness (QED) is 0.557. The van der Waals surface area contributed by atoms with Crippen LogP contribution in [0.2, 0.25) is 0 Å². The fraction of sp³-hybridized carbons (Fsp3) is 0.208. The maximum absolute atomic E-state index is 13.4. The van der Waals surface area contributed by atoms with Gasteiger partial charge in [-0.3, -0.25) is 4.79 Å². The number of sulfonamides is 1. The number of nitrogens with zero attached hydrogens (tertiary/aromatic N) is 1. The summed E-state index contributed by atoms with van der Waals surface area (Å²) >= 11 is 0. The highest BCUT2D eigenvalue weighted by Crippen LogP contribution is 2.42. The monoisotopic (exact) mass is 452 g/mol. The van der Waals surface area contributed by atoms with Crippen LogP contribution in [-0.4, -0.2) is 31.7 Å². The number of carbonyl (C=O) groups excluding carboxylic acids is 1. The molecule has 0 spiro atoms. The summed E-state index contributed by atoms with van der Waals surface area (Å²) in [6.07, 6.45) is 0. The van der Waals surface area contributed by atoms with Crippen LogP contribution in [0.4, 0.5) is 5.69 Å². The predicted molar refractivity (Wildman–Crippen MR) is 122 cm³/mol. The van der Waals surface area contributed by atoms with Crippen LogP contribution in [-0.2, 0) is 10.0 Å². The molecule has 32 heavy (non-hydrogen) atoms. The maximum atomic E-state index is 13.4. The topological polar surface area (TPSA) is 84.9 Å². The Morgan fingerprint density at radius 3 is 2.38 bits per heavy atom. The molecule has 0 aliphatic carbocycles. The van der Waals surface area contributed by atoms with Crippen molar-refractivity contribution < 1.29 is 22.7 Å². The van der Waals surface area contributed by atoms with E-state index in [9.17, 15) is 13.2 Å². The highest BCUT2D eigenvalue weighted by molar-refractivity contribution is 7.89. The third-order valence-electron chi connectivity index (χ3n) is 5.19. The van der Waals surface area contributed by atoms with Crippen molar-refractivity contribution in [3.8, 4) is 23.0 Å². The van der Waals surface area contributed by atoms with Gasteiger partial charge in [0.1, 0.15) is 16.4 Å². The number of ether oxygens (including phenoxy) is 2. The van der Waals surface area contributed by atoms with Gasteiger partial charge in [-0.1, -0.05) is 38.1 Å². The molecule has 8 heteroatoms. The van der Waals surface area contributed by atoms with Crippen molar-refractivity contribution >= 4 is 21.6 Å². The molecular formula is C24H24N2O5S. The summed E-state index contributed by atoms with van der Waals surface area (Å²) in [5.41, 5.74) is 1.59. The third kappa shape index (κ3) is 4.06. The molecule has 1 amide bonds. The van der Waals surface area contributed by atoms with Gasteiger partial charge in [0.15, 0.2) is 11.5 Å². The van der Waals surface area contributed by atoms with Crippen LogP contribution in [0.25, 0.3) is 0 Å². The van der Waals surface area contributed by atoms with Gasteiger partial charge >= 0.3 is 0 Å². The van der Waals surface area contributed by atoms with Crippen LogP contribution >= 0.6 is 0 Å². The van der Waals surface area contributed by atoms with Gasteiger partial charge < -0.3 is 14.8 Å². The average Bonchev–Trinajstić information content (AvgIpc) is 2.89. The Hall–Kier alpha value is -3.36. The fourth-order valence-corrected chi connectivity index (χ4v) is 5.12. The molecule has 166 valence electrons. The van der Waals surface area contributed by atoms with Gasteiger partial charge in [-0.05, 0) is 42.8 Å². The molecule has 1 aliphatic rings. The van der Waals surface area contributed by atoms with E-state index in [2.05, 4.69) is 5.32 Å². The molecule has 1 heterocycles. The minimum Gasteiger partial charge on any atom is -0.456 e. The lowest BCUT2D eigenvalue weighted by Crippen LogP contribution is -2.31. The number of hydrogen-bond acceptors (Lipinski definition) is 5. The van der Waals surface area contributed by atoms with Gasteiger partial charge in [0.05, 0.1) is 11.3 Å². The van der Waals surface area contributed by atoms with Crippen molar-refractivity contribution in [2.75, 3.05) is 18.4 Å². The van der Waals surface area contributed by atoms with Gasteiger partial charge in [-0.15, -0.1) is 0 Å². The second kappa shape index (κ2) is 8.64. The minimum absolute atomic E-state index is 0.0882. The van der Waals surface area contributed by atoms with Crippen molar-refractivity contribution in [3.05, 3.63) is 71.8 Å². The van der Waals surface area contributed by atoms with Crippen molar-refractivity contribution in [3.63, 3.8) is 0 Å². The Balaban J connectivity index is 1.90. The van der Waals surface area contributed by atoms with E-state index in [1.807, 2.05) is 19.1 Å². The standard InChI is InChI=1S/C24H24N2O5S/c1-4-26(5-2)32(28,29)23-14-18-21(15-22(23)30-17-9-7-6-8-10-17)31-20-12-11-16(3)13-19(20)25-24(18)27/h6-15H,4-5H2,1-3H3,(H,25,27). The molecule has 0 radical (unpaired) electrons. The van der Waals surface area contributed by atoms with Crippen LogP contribution < -0.4 is 14.8 Å². The molecule has 0 bridgehead atoms. The Morgan fingerprint density at radius 1 is 0.969 bits per heavy atom. The lowest BCUT2D eigenvalue weighted by molar-refractivity contribution is 0.102. The van der Waals surface area contributed by atoms with Crippen LogP contribution in [0, 0.1) is 6.92 Å². The summed E-state index contributed by atoms with van der Waals surface area (Å²) in [6.45, 7) is 6.00. The first-order valence-electron chi connectivity index (χ1n) is 10.3. The molecule has 0 aromatic heterocycles. The van der Waals surface area contributed by atoms with Gasteiger partial charge in [0.2, 0.25) is 10.0 Å². The van der Waals surface area contributed by atoms with E-state index in [0.717, 1.165) is 5.56 Å². The van der Waals surface area contributed by atoms with E-state index < -0.39 is 15.9 Å². The van der Waals surface area contributed by atoms with E-state index >= 15 is 0 Å². The smallest absolute Gasteiger partial charge is 0.259 e. The number of rotatable bonds is 6. The molecule has 0 fully saturated rings. The summed E-state index contributed by atoms with van der Waals surface area (Å²) in [5.74, 6) is 0.789. The van der Waals surface area contributed by atoms with Crippen LogP contribution in [0.3, 0.4) is 0 Å². The lowest BCUT2D eigenvalue weighted by Gasteiger charge is -2.21. The molecule has 3 aromatic rings. The predicted octanol–water partition coefficient (Wildman–Crippen LogP) is 5.18. The number of fused-ring (bicyclic) bond motifs is 2. The Morgan fingerprint density at radius 2 is 1.69 bits per heavy atom. The SMILES string of the molecule is CCN(CC)S(=O)(=O)c1cc2c(cc1Oc1ccccc1)Oc1ccc(C)cc1NC2=O. The maximum Gasteiger partial charge on any atom is 0.259 e. The molecular weight excluding hydrogens is 428 g/mol. The molecule has 4 rings (SSSR count). The Kier molecular flexibility index (Phi) is 5.90. The number of anilines is 1. The minimum atomic E-state index is -3.92. The van der Waals surface area contributed by atoms with Crippen molar-refractivity contribution in [1.29, 1.82) is 0 Å². The molecule has 0 unspecified atom stereocenters. The fourth-order valence-electron chi connectivity index (χ4n) is 3.54. The van der Waals surface area contributed by atoms with E-state index in [-0.39, 0.29) is 35.0 Å². The first-order valence-corrected chi connectivity index (χ1v) is 11.8. The lowest BCUT2D eigenvalue weighted by atomic mass is 10.1. The number of carbonyl (C=O) groups is 1. The Labute approximate surface area is 187 Å². The third-order valence-corrected chi connectivity index (χ3v) is 7.26. The number of para-hydroxylation sites is 1. The zero-order valence-corrected chi connectivity index (χ0v) is 18.9. The number of hydrogen-bond donors (Lipinski definition) is 1. The Bertz CT molecular complexity index is 1270. The highest BCUT2D eigenvalue weighted by Gasteiger charge is 2.31. The van der Waals surface area contributed by atoms with Gasteiger partial charge in [0.25, 0.3) is 5.91 Å². The normalized spacial score (nSPS) is 12.9. The molecule has 0 saturated carbocycles. The van der Waals surface area contributed by atoms with E-state index in [4.69, 9.17) is 9.47 Å². The van der Waals surface area contributed by atoms with Crippen LogP contribution in [0.15, 0.2) is 65.6 Å². The zero-order valence-electron chi connectivity index (χ0n) is 18.1. The number of aryl methyl sites for hydroxylation is 1. The van der Waals surface area contributed by atoms with Crippen LogP contribution in [0.1, 0.15) is 29.8 Å². The van der Waals surface area contributed by atoms with Crippen molar-refractivity contribution in [1.82, 2.24) is 4.31 Å². The van der Waals surface area contributed by atoms with E-state index in [1.165, 1.54) is 16.4 Å². The molecule has 0 atom stereocenters. The molecule has 1 aliphatic heterocycles. The second-order valence-corrected chi connectivity index (χ2v) is 9.26. The first-order chi connectivity index (χ1) is 15.3. The molecule has 1 N–H and O–H groups in total. The summed E-state index contributed by atoms with van der Waals surface area (Å²) in [7, 11) is -3.92. The van der Waals surface area contributed by atoms with E-state index in [1.54, 1.807) is 50.2 Å². The molecule has 7 nitrogen and oxygen atoms in total. The highest BCUT2D eigenvalue weighted by atomic mass is 32.2. The summed E-state index contributed by atoms with van der Waals surface area (Å²) < 4.78 is 40.1. The number of nitrogens with one attached hydrogen (secondary N) is 1. The first kappa shape index (κ1) is 21.9. The number of benzene rings is 3. The zero-order chi connectivity index (χ0) is 22.9. The number of amides is 1. The van der Waals surface area contributed by atoms with Crippen LogP contribution in [0.5, 0.6) is 23.0 Å². The van der Waals surface area contributed by atoms with E-state index in [0.29, 0.717) is 17.2 Å². The van der Waals surface area contributed by atoms with Gasteiger partial charge in [0, 0.05) is 19.2 Å². The summed E-state index contributed by atoms with van der Waals surface area (Å²) in [6, 6.07) is 17.1. The average molecular weight is 453 g/mol. The summed E-state index contributed by atoms with van der Waals surface area (Å²) in [4.78, 5) is 12.9. The second-order valence-electron chi connectivity index (χ2n) is 7.36.